The number of nitrogens with one attached hydrogen (secondary N) is 2. The Hall–Kier alpha value is -3.86. The second-order valence-corrected chi connectivity index (χ2v) is 6.75. The maximum atomic E-state index is 12.3. The van der Waals surface area contributed by atoms with Crippen LogP contribution in [0.5, 0.6) is 11.5 Å². The van der Waals surface area contributed by atoms with Crippen LogP contribution in [0.1, 0.15) is 24.2 Å². The topological polar surface area (TPSA) is 146 Å². The molecule has 12 heteroatoms. The SMILES string of the molecule is CCOc1ccc(C(=O)NCC(=O)OCC(=O)Nc2ccc([N+](=O)[O-])cc2Cl)cc1OCC. The fourth-order valence-electron chi connectivity index (χ4n) is 2.55. The molecule has 2 rings (SSSR count). The number of rotatable bonds is 11. The number of halogens is 1. The van der Waals surface area contributed by atoms with Crippen LogP contribution < -0.4 is 20.1 Å². The van der Waals surface area contributed by atoms with Gasteiger partial charge < -0.3 is 24.8 Å². The summed E-state index contributed by atoms with van der Waals surface area (Å²) >= 11 is 5.89. The highest BCUT2D eigenvalue weighted by Crippen LogP contribution is 2.28. The van der Waals surface area contributed by atoms with Crippen molar-refractivity contribution >= 4 is 40.8 Å². The molecule has 2 aromatic rings. The summed E-state index contributed by atoms with van der Waals surface area (Å²) in [6.07, 6.45) is 0. The quantitative estimate of drug-likeness (QED) is 0.284. The molecule has 0 aliphatic rings. The first-order valence-electron chi connectivity index (χ1n) is 9.82. The normalized spacial score (nSPS) is 10.2. The van der Waals surface area contributed by atoms with Crippen LogP contribution in [0.2, 0.25) is 5.02 Å². The number of amides is 2. The molecule has 0 aliphatic carbocycles. The molecule has 0 heterocycles. The lowest BCUT2D eigenvalue weighted by Gasteiger charge is -2.12. The predicted molar refractivity (Wildman–Crippen MR) is 119 cm³/mol. The van der Waals surface area contributed by atoms with Gasteiger partial charge in [-0.2, -0.15) is 0 Å². The molecule has 0 unspecified atom stereocenters. The molecule has 0 aromatic heterocycles. The van der Waals surface area contributed by atoms with E-state index >= 15 is 0 Å². The van der Waals surface area contributed by atoms with Gasteiger partial charge in [-0.1, -0.05) is 11.6 Å². The first-order chi connectivity index (χ1) is 15.7. The smallest absolute Gasteiger partial charge is 0.325 e. The molecule has 0 radical (unpaired) electrons. The molecule has 0 aliphatic heterocycles. The number of hydrogen-bond acceptors (Lipinski definition) is 8. The fourth-order valence-corrected chi connectivity index (χ4v) is 2.77. The van der Waals surface area contributed by atoms with Crippen molar-refractivity contribution < 1.29 is 33.5 Å². The third-order valence-corrected chi connectivity index (χ3v) is 4.31. The van der Waals surface area contributed by atoms with Crippen molar-refractivity contribution in [3.8, 4) is 11.5 Å². The van der Waals surface area contributed by atoms with E-state index in [1.165, 1.54) is 24.3 Å². The van der Waals surface area contributed by atoms with Gasteiger partial charge in [-0.3, -0.25) is 24.5 Å². The van der Waals surface area contributed by atoms with Crippen LogP contribution in [-0.2, 0) is 14.3 Å². The lowest BCUT2D eigenvalue weighted by Crippen LogP contribution is -2.32. The average molecular weight is 480 g/mol. The fraction of sp³-hybridized carbons (Fsp3) is 0.286. The maximum absolute atomic E-state index is 12.3. The average Bonchev–Trinajstić information content (AvgIpc) is 2.78. The van der Waals surface area contributed by atoms with E-state index in [0.29, 0.717) is 24.7 Å². The molecule has 0 saturated carbocycles. The van der Waals surface area contributed by atoms with Crippen molar-refractivity contribution in [2.24, 2.45) is 0 Å². The Morgan fingerprint density at radius 3 is 2.36 bits per heavy atom. The van der Waals surface area contributed by atoms with Crippen molar-refractivity contribution in [2.75, 3.05) is 31.7 Å². The van der Waals surface area contributed by atoms with Gasteiger partial charge in [0.25, 0.3) is 17.5 Å². The zero-order valence-corrected chi connectivity index (χ0v) is 18.6. The highest BCUT2D eigenvalue weighted by atomic mass is 35.5. The third-order valence-electron chi connectivity index (χ3n) is 4.00. The number of non-ortho nitro benzene ring substituents is 1. The number of nitro groups is 1. The number of carbonyl (C=O) groups excluding carboxylic acids is 3. The zero-order valence-electron chi connectivity index (χ0n) is 17.9. The predicted octanol–water partition coefficient (Wildman–Crippen LogP) is 2.96. The maximum Gasteiger partial charge on any atom is 0.325 e. The Kier molecular flexibility index (Phi) is 9.43. The number of carbonyl (C=O) groups is 3. The molecule has 11 nitrogen and oxygen atoms in total. The molecule has 2 N–H and O–H groups in total. The van der Waals surface area contributed by atoms with E-state index in [0.717, 1.165) is 6.07 Å². The summed E-state index contributed by atoms with van der Waals surface area (Å²) in [4.78, 5) is 46.2. The second kappa shape index (κ2) is 12.2. The van der Waals surface area contributed by atoms with Crippen LogP contribution in [0, 0.1) is 10.1 Å². The number of nitrogens with zero attached hydrogens (tertiary/aromatic N) is 1. The van der Waals surface area contributed by atoms with Crippen LogP contribution in [0.4, 0.5) is 11.4 Å². The molecule has 176 valence electrons. The zero-order chi connectivity index (χ0) is 24.4. The van der Waals surface area contributed by atoms with Gasteiger partial charge in [-0.15, -0.1) is 0 Å². The minimum Gasteiger partial charge on any atom is -0.490 e. The summed E-state index contributed by atoms with van der Waals surface area (Å²) < 4.78 is 15.7. The van der Waals surface area contributed by atoms with Gasteiger partial charge in [0.15, 0.2) is 18.1 Å². The van der Waals surface area contributed by atoms with E-state index in [1.54, 1.807) is 13.0 Å². The number of esters is 1. The Morgan fingerprint density at radius 2 is 1.73 bits per heavy atom. The Labute approximate surface area is 194 Å². The largest absolute Gasteiger partial charge is 0.490 e. The summed E-state index contributed by atoms with van der Waals surface area (Å²) in [7, 11) is 0. The molecular weight excluding hydrogens is 458 g/mol. The summed E-state index contributed by atoms with van der Waals surface area (Å²) in [5, 5.41) is 15.4. The van der Waals surface area contributed by atoms with Gasteiger partial charge >= 0.3 is 5.97 Å². The Morgan fingerprint density at radius 1 is 1.03 bits per heavy atom. The summed E-state index contributed by atoms with van der Waals surface area (Å²) in [6, 6.07) is 8.12. The molecule has 0 saturated heterocycles. The molecule has 0 atom stereocenters. The van der Waals surface area contributed by atoms with E-state index in [2.05, 4.69) is 10.6 Å². The van der Waals surface area contributed by atoms with E-state index < -0.39 is 35.9 Å². The highest BCUT2D eigenvalue weighted by Gasteiger charge is 2.15. The van der Waals surface area contributed by atoms with Gasteiger partial charge in [0.1, 0.15) is 6.54 Å². The highest BCUT2D eigenvalue weighted by molar-refractivity contribution is 6.34. The van der Waals surface area contributed by atoms with Gasteiger partial charge in [-0.25, -0.2) is 0 Å². The standard InChI is InChI=1S/C21H22ClN3O8/c1-3-31-17-8-5-13(9-18(17)32-4-2)21(28)23-11-20(27)33-12-19(26)24-16-7-6-14(25(29)30)10-15(16)22/h5-10H,3-4,11-12H2,1-2H3,(H,23,28)(H,24,26). The lowest BCUT2D eigenvalue weighted by atomic mass is 10.2. The number of anilines is 1. The lowest BCUT2D eigenvalue weighted by molar-refractivity contribution is -0.384. The molecule has 0 spiro atoms. The van der Waals surface area contributed by atoms with E-state index in [4.69, 9.17) is 25.8 Å². The number of hydrogen-bond donors (Lipinski definition) is 2. The van der Waals surface area contributed by atoms with Crippen LogP contribution >= 0.6 is 11.6 Å². The summed E-state index contributed by atoms with van der Waals surface area (Å²) in [5.41, 5.74) is 0.138. The van der Waals surface area contributed by atoms with Crippen molar-refractivity contribution in [3.63, 3.8) is 0 Å². The van der Waals surface area contributed by atoms with E-state index in [1.807, 2.05) is 6.92 Å². The van der Waals surface area contributed by atoms with Gasteiger partial charge in [0.2, 0.25) is 0 Å². The molecule has 0 bridgehead atoms. The third kappa shape index (κ3) is 7.65. The molecule has 0 fully saturated rings. The van der Waals surface area contributed by atoms with Crippen LogP contribution in [0.25, 0.3) is 0 Å². The molecule has 2 aromatic carbocycles. The minimum absolute atomic E-state index is 0.0436. The number of ether oxygens (including phenoxy) is 3. The van der Waals surface area contributed by atoms with Gasteiger partial charge in [-0.05, 0) is 38.1 Å². The van der Waals surface area contributed by atoms with Gasteiger partial charge in [0, 0.05) is 17.7 Å². The first kappa shape index (κ1) is 25.4. The van der Waals surface area contributed by atoms with Crippen molar-refractivity contribution in [1.82, 2.24) is 5.32 Å². The number of benzene rings is 2. The Balaban J connectivity index is 1.84. The molecular formula is C21H22ClN3O8. The minimum atomic E-state index is -0.843. The van der Waals surface area contributed by atoms with E-state index in [9.17, 15) is 24.5 Å². The van der Waals surface area contributed by atoms with Crippen LogP contribution in [0.3, 0.4) is 0 Å². The second-order valence-electron chi connectivity index (χ2n) is 6.34. The summed E-state index contributed by atoms with van der Waals surface area (Å²) in [6.45, 7) is 3.32. The monoisotopic (exact) mass is 479 g/mol. The molecule has 33 heavy (non-hydrogen) atoms. The van der Waals surface area contributed by atoms with E-state index in [-0.39, 0.29) is 22.0 Å². The van der Waals surface area contributed by atoms with Crippen molar-refractivity contribution in [3.05, 3.63) is 57.1 Å². The van der Waals surface area contributed by atoms with Crippen LogP contribution in [-0.4, -0.2) is 49.1 Å². The first-order valence-corrected chi connectivity index (χ1v) is 10.2. The van der Waals surface area contributed by atoms with Gasteiger partial charge in [0.05, 0.1) is 28.8 Å². The van der Waals surface area contributed by atoms with Crippen molar-refractivity contribution in [2.45, 2.75) is 13.8 Å². The number of nitro benzene ring substituents is 1. The van der Waals surface area contributed by atoms with Crippen LogP contribution in [0.15, 0.2) is 36.4 Å². The molecule has 2 amide bonds. The Bertz CT molecular complexity index is 1040. The summed E-state index contributed by atoms with van der Waals surface area (Å²) in [5.74, 6) is -1.20. The van der Waals surface area contributed by atoms with Crippen molar-refractivity contribution in [1.29, 1.82) is 0 Å².